The van der Waals surface area contributed by atoms with Crippen LogP contribution in [0.4, 0.5) is 0 Å². The second-order valence-corrected chi connectivity index (χ2v) is 5.48. The predicted molar refractivity (Wildman–Crippen MR) is 72.4 cm³/mol. The smallest absolute Gasteiger partial charge is 0.273 e. The van der Waals surface area contributed by atoms with Crippen LogP contribution in [0, 0.1) is 0 Å². The van der Waals surface area contributed by atoms with Crippen LogP contribution in [0.3, 0.4) is 0 Å². The average Bonchev–Trinajstić information content (AvgIpc) is 2.91. The number of carbonyl (C=O) groups excluding carboxylic acids is 1. The molecule has 6 nitrogen and oxygen atoms in total. The molecule has 0 saturated heterocycles. The summed E-state index contributed by atoms with van der Waals surface area (Å²) < 4.78 is 5.94. The molecule has 0 saturated carbocycles. The van der Waals surface area contributed by atoms with E-state index in [2.05, 4.69) is 20.7 Å². The van der Waals surface area contributed by atoms with E-state index in [4.69, 9.17) is 4.74 Å². The van der Waals surface area contributed by atoms with Gasteiger partial charge in [-0.1, -0.05) is 18.2 Å². The summed E-state index contributed by atoms with van der Waals surface area (Å²) in [7, 11) is 0. The highest BCUT2D eigenvalue weighted by atomic mass is 16.5. The molecule has 6 heteroatoms. The van der Waals surface area contributed by atoms with Gasteiger partial charge in [-0.2, -0.15) is 15.4 Å². The molecule has 2 aromatic rings. The summed E-state index contributed by atoms with van der Waals surface area (Å²) in [6.45, 7) is 4.02. The Bertz CT molecular complexity index is 622. The van der Waals surface area contributed by atoms with Crippen LogP contribution in [0.15, 0.2) is 30.5 Å². The van der Waals surface area contributed by atoms with Crippen LogP contribution < -0.4 is 10.1 Å². The molecular formula is C14H16N4O2. The number of para-hydroxylation sites is 1. The van der Waals surface area contributed by atoms with Gasteiger partial charge in [-0.05, 0) is 19.9 Å². The Kier molecular flexibility index (Phi) is 2.93. The molecule has 0 spiro atoms. The zero-order chi connectivity index (χ0) is 14.2. The van der Waals surface area contributed by atoms with Gasteiger partial charge in [0.1, 0.15) is 11.4 Å². The number of rotatable bonds is 2. The Morgan fingerprint density at radius 2 is 2.25 bits per heavy atom. The SMILES string of the molecule is CC1(C)C[C@@H](NC(=O)c2cn[nH]n2)c2ccccc2O1. The van der Waals surface area contributed by atoms with Crippen molar-refractivity contribution in [2.24, 2.45) is 0 Å². The standard InChI is InChI=1S/C14H16N4O2/c1-14(2)7-10(9-5-3-4-6-12(9)20-14)16-13(19)11-8-15-18-17-11/h3-6,8,10H,7H2,1-2H3,(H,16,19)(H,15,17,18)/t10-/m1/s1. The topological polar surface area (TPSA) is 79.9 Å². The zero-order valence-electron chi connectivity index (χ0n) is 11.4. The van der Waals surface area contributed by atoms with Crippen molar-refractivity contribution in [3.8, 4) is 5.75 Å². The molecule has 1 amide bonds. The number of hydrogen-bond donors (Lipinski definition) is 2. The Balaban J connectivity index is 1.87. The number of nitrogens with zero attached hydrogens (tertiary/aromatic N) is 2. The predicted octanol–water partition coefficient (Wildman–Crippen LogP) is 1.84. The minimum Gasteiger partial charge on any atom is -0.487 e. The van der Waals surface area contributed by atoms with Crippen molar-refractivity contribution in [2.45, 2.75) is 31.9 Å². The maximum Gasteiger partial charge on any atom is 0.273 e. The number of amides is 1. The lowest BCUT2D eigenvalue weighted by atomic mass is 9.89. The minimum atomic E-state index is -0.323. The fraction of sp³-hybridized carbons (Fsp3) is 0.357. The van der Waals surface area contributed by atoms with E-state index in [-0.39, 0.29) is 23.2 Å². The first-order chi connectivity index (χ1) is 9.55. The number of aromatic nitrogens is 3. The maximum absolute atomic E-state index is 12.1. The van der Waals surface area contributed by atoms with E-state index in [0.29, 0.717) is 6.42 Å². The molecule has 2 N–H and O–H groups in total. The fourth-order valence-electron chi connectivity index (χ4n) is 2.47. The Morgan fingerprint density at radius 3 is 3.00 bits per heavy atom. The highest BCUT2D eigenvalue weighted by Crippen LogP contribution is 2.39. The second kappa shape index (κ2) is 4.63. The van der Waals surface area contributed by atoms with Crippen molar-refractivity contribution in [3.05, 3.63) is 41.7 Å². The highest BCUT2D eigenvalue weighted by Gasteiger charge is 2.34. The maximum atomic E-state index is 12.1. The molecule has 1 aliphatic rings. The van der Waals surface area contributed by atoms with Gasteiger partial charge in [0.25, 0.3) is 5.91 Å². The van der Waals surface area contributed by atoms with Crippen molar-refractivity contribution in [2.75, 3.05) is 0 Å². The molecule has 0 radical (unpaired) electrons. The van der Waals surface area contributed by atoms with E-state index in [1.807, 2.05) is 38.1 Å². The van der Waals surface area contributed by atoms with Gasteiger partial charge >= 0.3 is 0 Å². The number of hydrogen-bond acceptors (Lipinski definition) is 4. The van der Waals surface area contributed by atoms with Gasteiger partial charge in [-0.3, -0.25) is 4.79 Å². The van der Waals surface area contributed by atoms with Gasteiger partial charge in [0.15, 0.2) is 5.69 Å². The first kappa shape index (κ1) is 12.7. The monoisotopic (exact) mass is 272 g/mol. The number of nitrogens with one attached hydrogen (secondary N) is 2. The molecule has 1 aliphatic heterocycles. The van der Waals surface area contributed by atoms with Crippen LogP contribution in [-0.2, 0) is 0 Å². The van der Waals surface area contributed by atoms with Gasteiger partial charge in [0.05, 0.1) is 12.2 Å². The van der Waals surface area contributed by atoms with Crippen molar-refractivity contribution in [1.29, 1.82) is 0 Å². The Hall–Kier alpha value is -2.37. The molecule has 0 aliphatic carbocycles. The van der Waals surface area contributed by atoms with Crippen LogP contribution in [0.2, 0.25) is 0 Å². The summed E-state index contributed by atoms with van der Waals surface area (Å²) in [5.74, 6) is 0.574. The van der Waals surface area contributed by atoms with Crippen molar-refractivity contribution >= 4 is 5.91 Å². The third-order valence-corrected chi connectivity index (χ3v) is 3.33. The molecule has 1 aromatic carbocycles. The van der Waals surface area contributed by atoms with Gasteiger partial charge < -0.3 is 10.1 Å². The van der Waals surface area contributed by atoms with E-state index < -0.39 is 0 Å². The van der Waals surface area contributed by atoms with Gasteiger partial charge in [0.2, 0.25) is 0 Å². The Morgan fingerprint density at radius 1 is 1.45 bits per heavy atom. The molecule has 0 fully saturated rings. The number of fused-ring (bicyclic) bond motifs is 1. The van der Waals surface area contributed by atoms with Crippen LogP contribution in [0.25, 0.3) is 0 Å². The third-order valence-electron chi connectivity index (χ3n) is 3.33. The molecule has 20 heavy (non-hydrogen) atoms. The molecule has 1 atom stereocenters. The molecule has 2 heterocycles. The molecule has 0 unspecified atom stereocenters. The summed E-state index contributed by atoms with van der Waals surface area (Å²) in [5.41, 5.74) is 0.950. The third kappa shape index (κ3) is 2.36. The van der Waals surface area contributed by atoms with Crippen molar-refractivity contribution in [3.63, 3.8) is 0 Å². The molecule has 1 aromatic heterocycles. The van der Waals surface area contributed by atoms with E-state index >= 15 is 0 Å². The van der Waals surface area contributed by atoms with E-state index in [0.717, 1.165) is 11.3 Å². The molecule has 0 bridgehead atoms. The lowest BCUT2D eigenvalue weighted by Gasteiger charge is -2.37. The van der Waals surface area contributed by atoms with Crippen molar-refractivity contribution < 1.29 is 9.53 Å². The van der Waals surface area contributed by atoms with Crippen LogP contribution in [0.5, 0.6) is 5.75 Å². The van der Waals surface area contributed by atoms with Gasteiger partial charge in [-0.25, -0.2) is 0 Å². The van der Waals surface area contributed by atoms with E-state index in [9.17, 15) is 4.79 Å². The average molecular weight is 272 g/mol. The zero-order valence-corrected chi connectivity index (χ0v) is 11.4. The first-order valence-corrected chi connectivity index (χ1v) is 6.50. The number of carbonyl (C=O) groups is 1. The minimum absolute atomic E-state index is 0.0980. The van der Waals surface area contributed by atoms with E-state index in [1.54, 1.807) is 0 Å². The van der Waals surface area contributed by atoms with Crippen LogP contribution in [0.1, 0.15) is 42.4 Å². The van der Waals surface area contributed by atoms with E-state index in [1.165, 1.54) is 6.20 Å². The fourth-order valence-corrected chi connectivity index (χ4v) is 2.47. The highest BCUT2D eigenvalue weighted by molar-refractivity contribution is 5.92. The summed E-state index contributed by atoms with van der Waals surface area (Å²) in [6, 6.07) is 7.66. The van der Waals surface area contributed by atoms with Gasteiger partial charge in [0, 0.05) is 12.0 Å². The Labute approximate surface area is 116 Å². The lowest BCUT2D eigenvalue weighted by Crippen LogP contribution is -2.41. The largest absolute Gasteiger partial charge is 0.487 e. The summed E-state index contributed by atoms with van der Waals surface area (Å²) >= 11 is 0. The number of ether oxygens (including phenoxy) is 1. The summed E-state index contributed by atoms with van der Waals surface area (Å²) in [6.07, 6.45) is 2.11. The summed E-state index contributed by atoms with van der Waals surface area (Å²) in [5, 5.41) is 12.9. The van der Waals surface area contributed by atoms with Crippen molar-refractivity contribution in [1.82, 2.24) is 20.7 Å². The normalized spacial score (nSPS) is 19.8. The summed E-state index contributed by atoms with van der Waals surface area (Å²) in [4.78, 5) is 12.1. The molecule has 3 rings (SSSR count). The van der Waals surface area contributed by atoms with Crippen LogP contribution in [-0.4, -0.2) is 26.9 Å². The second-order valence-electron chi connectivity index (χ2n) is 5.48. The molecule has 104 valence electrons. The number of benzene rings is 1. The lowest BCUT2D eigenvalue weighted by molar-refractivity contribution is 0.0618. The first-order valence-electron chi connectivity index (χ1n) is 6.50. The molecular weight excluding hydrogens is 256 g/mol. The quantitative estimate of drug-likeness (QED) is 0.874. The number of H-pyrrole nitrogens is 1. The van der Waals surface area contributed by atoms with Gasteiger partial charge in [-0.15, -0.1) is 0 Å². The van der Waals surface area contributed by atoms with Crippen LogP contribution >= 0.6 is 0 Å². The number of aromatic amines is 1.